The molecule has 0 saturated carbocycles. The zero-order valence-electron chi connectivity index (χ0n) is 4.57. The molecule has 0 fully saturated rings. The number of ether oxygens (including phenoxy) is 2. The minimum Gasteiger partial charge on any atom is -0.467 e. The van der Waals surface area contributed by atoms with Gasteiger partial charge in [0, 0.05) is 0 Å². The summed E-state index contributed by atoms with van der Waals surface area (Å²) in [7, 11) is 2.84. The van der Waals surface area contributed by atoms with E-state index in [0.29, 0.717) is 0 Å². The van der Waals surface area contributed by atoms with E-state index < -0.39 is 0 Å². The molecule has 0 rings (SSSR count). The van der Waals surface area contributed by atoms with E-state index in [1.54, 1.807) is 0 Å². The van der Waals surface area contributed by atoms with Gasteiger partial charge in [-0.3, -0.25) is 0 Å². The fourth-order valence-corrected chi connectivity index (χ4v) is 0.546. The van der Waals surface area contributed by atoms with Crippen molar-refractivity contribution in [2.75, 3.05) is 14.2 Å². The summed E-state index contributed by atoms with van der Waals surface area (Å²) in [6.07, 6.45) is 0. The van der Waals surface area contributed by atoms with Gasteiger partial charge in [0.15, 0.2) is 4.49 Å². The molecule has 0 heterocycles. The Morgan fingerprint density at radius 1 is 1.12 bits per heavy atom. The quantitative estimate of drug-likeness (QED) is 0.569. The van der Waals surface area contributed by atoms with E-state index in [4.69, 9.17) is 23.2 Å². The van der Waals surface area contributed by atoms with E-state index in [-0.39, 0.29) is 10.4 Å². The molecule has 0 unspecified atom stereocenters. The van der Waals surface area contributed by atoms with Gasteiger partial charge in [0.05, 0.1) is 14.2 Å². The molecule has 48 valence electrons. The van der Waals surface area contributed by atoms with E-state index in [0.717, 1.165) is 0 Å². The summed E-state index contributed by atoms with van der Waals surface area (Å²) in [5, 5.41) is 0. The molecule has 2 nitrogen and oxygen atoms in total. The van der Waals surface area contributed by atoms with Gasteiger partial charge in [-0.05, 0) is 0 Å². The molecule has 0 spiro atoms. The lowest BCUT2D eigenvalue weighted by molar-refractivity contribution is 0.0953. The maximum Gasteiger partial charge on any atom is 0.310 e. The Hall–Kier alpha value is -0.0800. The number of halogens is 2. The van der Waals surface area contributed by atoms with Gasteiger partial charge in [-0.1, -0.05) is 23.2 Å². The van der Waals surface area contributed by atoms with Crippen LogP contribution in [0.3, 0.4) is 0 Å². The smallest absolute Gasteiger partial charge is 0.310 e. The molecule has 0 saturated heterocycles. The van der Waals surface area contributed by atoms with Gasteiger partial charge in [-0.15, -0.1) is 0 Å². The Labute approximate surface area is 58.0 Å². The predicted octanol–water partition coefficient (Wildman–Crippen LogP) is 1.88. The molecule has 0 aromatic heterocycles. The summed E-state index contributed by atoms with van der Waals surface area (Å²) in [5.74, 6) is 0.133. The zero-order valence-corrected chi connectivity index (χ0v) is 6.08. The summed E-state index contributed by atoms with van der Waals surface area (Å²) < 4.78 is 9.10. The molecular weight excluding hydrogens is 151 g/mol. The molecule has 0 aliphatic heterocycles. The third-order valence-electron chi connectivity index (χ3n) is 0.525. The van der Waals surface area contributed by atoms with Crippen LogP contribution < -0.4 is 0 Å². The third-order valence-corrected chi connectivity index (χ3v) is 0.834. The monoisotopic (exact) mass is 156 g/mol. The summed E-state index contributed by atoms with van der Waals surface area (Å²) in [4.78, 5) is 0. The van der Waals surface area contributed by atoms with Crippen LogP contribution in [0.5, 0.6) is 0 Å². The van der Waals surface area contributed by atoms with Crippen molar-refractivity contribution in [1.29, 1.82) is 0 Å². The third kappa shape index (κ3) is 2.28. The Bertz CT molecular complexity index is 90.2. The number of hydrogen-bond acceptors (Lipinski definition) is 2. The summed E-state index contributed by atoms with van der Waals surface area (Å²) >= 11 is 10.5. The minimum atomic E-state index is -0.00463. The minimum absolute atomic E-state index is 0.00463. The maximum atomic E-state index is 5.24. The molecule has 0 bridgehead atoms. The summed E-state index contributed by atoms with van der Waals surface area (Å²) in [6.45, 7) is 0. The zero-order chi connectivity index (χ0) is 6.57. The van der Waals surface area contributed by atoms with Crippen molar-refractivity contribution in [3.63, 3.8) is 0 Å². The van der Waals surface area contributed by atoms with Crippen LogP contribution in [0.25, 0.3) is 0 Å². The number of hydrogen-bond donors (Lipinski definition) is 0. The molecular formula is C4H6Cl2O2. The Morgan fingerprint density at radius 2 is 1.50 bits per heavy atom. The average Bonchev–Trinajstić information content (AvgIpc) is 1.69. The number of rotatable bonds is 2. The second kappa shape index (κ2) is 3.87. The van der Waals surface area contributed by atoms with Crippen LogP contribution in [0.1, 0.15) is 0 Å². The highest BCUT2D eigenvalue weighted by Crippen LogP contribution is 2.14. The van der Waals surface area contributed by atoms with E-state index in [9.17, 15) is 0 Å². The van der Waals surface area contributed by atoms with Crippen LogP contribution in [0.4, 0.5) is 0 Å². The van der Waals surface area contributed by atoms with Gasteiger partial charge in [0.2, 0.25) is 0 Å². The van der Waals surface area contributed by atoms with Gasteiger partial charge in [0.25, 0.3) is 0 Å². The van der Waals surface area contributed by atoms with Crippen molar-refractivity contribution >= 4 is 23.2 Å². The average molecular weight is 157 g/mol. The van der Waals surface area contributed by atoms with Gasteiger partial charge in [-0.25, -0.2) is 0 Å². The van der Waals surface area contributed by atoms with Crippen molar-refractivity contribution in [3.05, 3.63) is 10.4 Å². The first-order chi connectivity index (χ1) is 3.72. The SMILES string of the molecule is COC(OC)=C(Cl)Cl. The van der Waals surface area contributed by atoms with Crippen LogP contribution in [-0.4, -0.2) is 14.2 Å². The lowest BCUT2D eigenvalue weighted by atomic mass is 11.0. The largest absolute Gasteiger partial charge is 0.467 e. The predicted molar refractivity (Wildman–Crippen MR) is 32.7 cm³/mol. The van der Waals surface area contributed by atoms with Gasteiger partial charge >= 0.3 is 5.95 Å². The second-order valence-electron chi connectivity index (χ2n) is 0.956. The highest BCUT2D eigenvalue weighted by Gasteiger charge is 1.98. The van der Waals surface area contributed by atoms with Gasteiger partial charge < -0.3 is 9.47 Å². The van der Waals surface area contributed by atoms with E-state index in [1.807, 2.05) is 0 Å². The molecule has 0 aromatic carbocycles. The van der Waals surface area contributed by atoms with E-state index in [2.05, 4.69) is 9.47 Å². The van der Waals surface area contributed by atoms with Crippen LogP contribution in [0.2, 0.25) is 0 Å². The van der Waals surface area contributed by atoms with Crippen molar-refractivity contribution in [2.24, 2.45) is 0 Å². The van der Waals surface area contributed by atoms with Crippen molar-refractivity contribution in [1.82, 2.24) is 0 Å². The van der Waals surface area contributed by atoms with Crippen LogP contribution in [0.15, 0.2) is 10.4 Å². The maximum absolute atomic E-state index is 5.24. The van der Waals surface area contributed by atoms with Crippen molar-refractivity contribution < 1.29 is 9.47 Å². The first kappa shape index (κ1) is 7.92. The first-order valence-electron chi connectivity index (χ1n) is 1.85. The lowest BCUT2D eigenvalue weighted by Crippen LogP contribution is -1.88. The molecule has 0 N–H and O–H groups in total. The van der Waals surface area contributed by atoms with Gasteiger partial charge in [-0.2, -0.15) is 0 Å². The second-order valence-corrected chi connectivity index (χ2v) is 1.91. The van der Waals surface area contributed by atoms with Crippen LogP contribution in [-0.2, 0) is 9.47 Å². The Morgan fingerprint density at radius 3 is 1.50 bits per heavy atom. The number of methoxy groups -OCH3 is 2. The van der Waals surface area contributed by atoms with Crippen molar-refractivity contribution in [2.45, 2.75) is 0 Å². The standard InChI is InChI=1S/C4H6Cl2O2/c1-7-4(8-2)3(5)6/h1-2H3. The topological polar surface area (TPSA) is 18.5 Å². The molecule has 0 aromatic rings. The molecule has 0 atom stereocenters. The fourth-order valence-electron chi connectivity index (χ4n) is 0.238. The lowest BCUT2D eigenvalue weighted by Gasteiger charge is -2.01. The highest BCUT2D eigenvalue weighted by molar-refractivity contribution is 6.56. The van der Waals surface area contributed by atoms with Crippen LogP contribution >= 0.6 is 23.2 Å². The normalized spacial score (nSPS) is 8.00. The van der Waals surface area contributed by atoms with Crippen molar-refractivity contribution in [3.8, 4) is 0 Å². The molecule has 0 aliphatic carbocycles. The highest BCUT2D eigenvalue weighted by atomic mass is 35.5. The molecule has 4 heteroatoms. The summed E-state index contributed by atoms with van der Waals surface area (Å²) in [6, 6.07) is 0. The van der Waals surface area contributed by atoms with E-state index >= 15 is 0 Å². The molecule has 0 radical (unpaired) electrons. The Kier molecular flexibility index (Phi) is 3.83. The molecule has 8 heavy (non-hydrogen) atoms. The first-order valence-corrected chi connectivity index (χ1v) is 2.61. The molecule has 0 aliphatic rings. The Balaban J connectivity index is 3.86. The van der Waals surface area contributed by atoms with Crippen LogP contribution in [0, 0.1) is 0 Å². The molecule has 0 amide bonds. The van der Waals surface area contributed by atoms with Gasteiger partial charge in [0.1, 0.15) is 0 Å². The van der Waals surface area contributed by atoms with E-state index in [1.165, 1.54) is 14.2 Å². The fraction of sp³-hybridized carbons (Fsp3) is 0.500. The summed E-state index contributed by atoms with van der Waals surface area (Å²) in [5.41, 5.74) is 0.